The van der Waals surface area contributed by atoms with E-state index in [4.69, 9.17) is 0 Å². The monoisotopic (exact) mass is 325 g/mol. The molecule has 0 spiro atoms. The fraction of sp³-hybridized carbons (Fsp3) is 0.941. The summed E-state index contributed by atoms with van der Waals surface area (Å²) in [6.07, 6.45) is 10.1. The maximum absolute atomic E-state index is 13.1. The van der Waals surface area contributed by atoms with Crippen LogP contribution in [0.1, 0.15) is 57.8 Å². The molecule has 1 heterocycles. The van der Waals surface area contributed by atoms with E-state index in [1.54, 1.807) is 0 Å². The van der Waals surface area contributed by atoms with Crippen molar-refractivity contribution in [2.45, 2.75) is 69.9 Å². The molecule has 4 fully saturated rings. The third kappa shape index (κ3) is 2.93. The Kier molecular flexibility index (Phi) is 3.74. The van der Waals surface area contributed by atoms with Crippen LogP contribution >= 0.6 is 0 Å². The zero-order valence-corrected chi connectivity index (χ0v) is 14.1. The zero-order valence-electron chi connectivity index (χ0n) is 13.2. The second kappa shape index (κ2) is 5.50. The Bertz CT molecular complexity index is 548. The normalized spacial score (nSPS) is 37.9. The number of hydrogen-bond acceptors (Lipinski definition) is 3. The Morgan fingerprint density at radius 3 is 2.23 bits per heavy atom. The molecule has 1 amide bonds. The Labute approximate surface area is 133 Å². The molecule has 3 atom stereocenters. The second-order valence-electron chi connectivity index (χ2n) is 7.94. The number of amides is 1. The van der Waals surface area contributed by atoms with Gasteiger partial charge in [0.05, 0.1) is 11.5 Å². The van der Waals surface area contributed by atoms with Gasteiger partial charge in [-0.15, -0.1) is 0 Å². The summed E-state index contributed by atoms with van der Waals surface area (Å²) in [6, 6.07) is 0.265. The summed E-state index contributed by atoms with van der Waals surface area (Å²) in [6.45, 7) is 0. The molecule has 0 aromatic heterocycles. The molecule has 3 saturated carbocycles. The van der Waals surface area contributed by atoms with Gasteiger partial charge < -0.3 is 4.90 Å². The Balaban J connectivity index is 1.51. The Morgan fingerprint density at radius 1 is 0.909 bits per heavy atom. The maximum Gasteiger partial charge on any atom is 0.226 e. The average molecular weight is 325 g/mol. The minimum Gasteiger partial charge on any atom is -0.335 e. The van der Waals surface area contributed by atoms with E-state index >= 15 is 0 Å². The number of hydrogen-bond donors (Lipinski definition) is 0. The standard InChI is InChI=1S/C17H27NO3S/c19-17(16-10-15(16)12-6-7-12)18(13-4-2-1-3-5-13)14-8-9-22(20,21)11-14/h12-16H,1-11H2/t14-,15+,16-/m1/s1. The summed E-state index contributed by atoms with van der Waals surface area (Å²) in [5.41, 5.74) is 0. The topological polar surface area (TPSA) is 54.5 Å². The zero-order chi connectivity index (χ0) is 15.3. The van der Waals surface area contributed by atoms with Crippen molar-refractivity contribution < 1.29 is 13.2 Å². The molecule has 4 rings (SSSR count). The predicted molar refractivity (Wildman–Crippen MR) is 85.1 cm³/mol. The van der Waals surface area contributed by atoms with Crippen molar-refractivity contribution >= 4 is 15.7 Å². The van der Waals surface area contributed by atoms with Crippen LogP contribution in [0, 0.1) is 17.8 Å². The summed E-state index contributed by atoms with van der Waals surface area (Å²) in [4.78, 5) is 15.1. The largest absolute Gasteiger partial charge is 0.335 e. The second-order valence-corrected chi connectivity index (χ2v) is 10.2. The fourth-order valence-corrected chi connectivity index (χ4v) is 6.46. The van der Waals surface area contributed by atoms with Crippen LogP contribution in [0.2, 0.25) is 0 Å². The van der Waals surface area contributed by atoms with Crippen LogP contribution in [0.15, 0.2) is 0 Å². The molecular weight excluding hydrogens is 298 g/mol. The minimum atomic E-state index is -2.93. The molecule has 0 unspecified atom stereocenters. The lowest BCUT2D eigenvalue weighted by Gasteiger charge is -2.38. The third-order valence-corrected chi connectivity index (χ3v) is 7.96. The van der Waals surface area contributed by atoms with Gasteiger partial charge >= 0.3 is 0 Å². The molecule has 3 aliphatic carbocycles. The first-order valence-electron chi connectivity index (χ1n) is 9.08. The van der Waals surface area contributed by atoms with E-state index in [0.717, 1.165) is 25.2 Å². The lowest BCUT2D eigenvalue weighted by atomic mass is 9.92. The molecule has 124 valence electrons. The highest BCUT2D eigenvalue weighted by Gasteiger charge is 2.54. The van der Waals surface area contributed by atoms with E-state index in [2.05, 4.69) is 4.90 Å². The molecule has 22 heavy (non-hydrogen) atoms. The van der Waals surface area contributed by atoms with Crippen molar-refractivity contribution in [3.8, 4) is 0 Å². The van der Waals surface area contributed by atoms with Gasteiger partial charge in [-0.2, -0.15) is 0 Å². The molecule has 1 aliphatic heterocycles. The number of rotatable bonds is 4. The fourth-order valence-electron chi connectivity index (χ4n) is 4.75. The number of carbonyl (C=O) groups is 1. The van der Waals surface area contributed by atoms with Crippen LogP contribution < -0.4 is 0 Å². The highest BCUT2D eigenvalue weighted by atomic mass is 32.2. The third-order valence-electron chi connectivity index (χ3n) is 6.21. The lowest BCUT2D eigenvalue weighted by Crippen LogP contribution is -2.49. The van der Waals surface area contributed by atoms with E-state index in [-0.39, 0.29) is 23.5 Å². The highest BCUT2D eigenvalue weighted by Crippen LogP contribution is 2.55. The smallest absolute Gasteiger partial charge is 0.226 e. The van der Waals surface area contributed by atoms with Gasteiger partial charge in [0.15, 0.2) is 9.84 Å². The molecule has 4 nitrogen and oxygen atoms in total. The van der Waals surface area contributed by atoms with Gasteiger partial charge in [-0.25, -0.2) is 8.42 Å². The molecule has 0 aromatic carbocycles. The minimum absolute atomic E-state index is 0.0407. The molecule has 0 aromatic rings. The molecule has 0 N–H and O–H groups in total. The van der Waals surface area contributed by atoms with E-state index in [1.807, 2.05) is 0 Å². The van der Waals surface area contributed by atoms with Crippen LogP contribution in [-0.2, 0) is 14.6 Å². The van der Waals surface area contributed by atoms with Crippen molar-refractivity contribution in [1.82, 2.24) is 4.90 Å². The SMILES string of the molecule is O=C([C@@H]1C[C@H]1C1CC1)N(C1CCCCC1)[C@@H]1CCS(=O)(=O)C1. The molecule has 0 bridgehead atoms. The summed E-state index contributed by atoms with van der Waals surface area (Å²) in [5.74, 6) is 2.41. The van der Waals surface area contributed by atoms with E-state index in [9.17, 15) is 13.2 Å². The first kappa shape index (κ1) is 15.0. The quantitative estimate of drug-likeness (QED) is 0.797. The van der Waals surface area contributed by atoms with Crippen LogP contribution in [0.3, 0.4) is 0 Å². The van der Waals surface area contributed by atoms with Crippen molar-refractivity contribution in [2.75, 3.05) is 11.5 Å². The predicted octanol–water partition coefficient (Wildman–Crippen LogP) is 2.38. The van der Waals surface area contributed by atoms with Crippen LogP contribution in [0.25, 0.3) is 0 Å². The highest BCUT2D eigenvalue weighted by molar-refractivity contribution is 7.91. The van der Waals surface area contributed by atoms with Gasteiger partial charge in [-0.1, -0.05) is 19.3 Å². The summed E-state index contributed by atoms with van der Waals surface area (Å²) in [5, 5.41) is 0. The molecule has 4 aliphatic rings. The Morgan fingerprint density at radius 2 is 1.64 bits per heavy atom. The van der Waals surface area contributed by atoms with Crippen molar-refractivity contribution in [3.63, 3.8) is 0 Å². The number of carbonyl (C=O) groups excluding carboxylic acids is 1. The van der Waals surface area contributed by atoms with Gasteiger partial charge in [-0.3, -0.25) is 4.79 Å². The van der Waals surface area contributed by atoms with Crippen LogP contribution in [0.5, 0.6) is 0 Å². The van der Waals surface area contributed by atoms with Crippen molar-refractivity contribution in [3.05, 3.63) is 0 Å². The van der Waals surface area contributed by atoms with Crippen LogP contribution in [0.4, 0.5) is 0 Å². The first-order valence-corrected chi connectivity index (χ1v) is 10.9. The van der Waals surface area contributed by atoms with Gasteiger partial charge in [0.1, 0.15) is 0 Å². The van der Waals surface area contributed by atoms with Crippen molar-refractivity contribution in [2.24, 2.45) is 17.8 Å². The summed E-state index contributed by atoms with van der Waals surface area (Å²) < 4.78 is 23.8. The Hall–Kier alpha value is -0.580. The van der Waals surface area contributed by atoms with Gasteiger partial charge in [0, 0.05) is 18.0 Å². The summed E-state index contributed by atoms with van der Waals surface area (Å²) >= 11 is 0. The van der Waals surface area contributed by atoms with Gasteiger partial charge in [0.25, 0.3) is 0 Å². The van der Waals surface area contributed by atoms with E-state index < -0.39 is 9.84 Å². The van der Waals surface area contributed by atoms with E-state index in [1.165, 1.54) is 32.1 Å². The first-order chi connectivity index (χ1) is 10.6. The van der Waals surface area contributed by atoms with Gasteiger partial charge in [0.2, 0.25) is 5.91 Å². The van der Waals surface area contributed by atoms with Gasteiger partial charge in [-0.05, 0) is 50.4 Å². The molecule has 0 radical (unpaired) electrons. The van der Waals surface area contributed by atoms with Crippen molar-refractivity contribution in [1.29, 1.82) is 0 Å². The summed E-state index contributed by atoms with van der Waals surface area (Å²) in [7, 11) is -2.93. The average Bonchev–Trinajstić information content (AvgIpc) is 3.37. The molecule has 1 saturated heterocycles. The lowest BCUT2D eigenvalue weighted by molar-refractivity contribution is -0.138. The van der Waals surface area contributed by atoms with Crippen LogP contribution in [-0.4, -0.2) is 42.8 Å². The molecular formula is C17H27NO3S. The maximum atomic E-state index is 13.1. The number of sulfone groups is 1. The van der Waals surface area contributed by atoms with E-state index in [0.29, 0.717) is 24.3 Å². The molecule has 5 heteroatoms. The number of nitrogens with zero attached hydrogens (tertiary/aromatic N) is 1.